The molecule has 1 atom stereocenters. The van der Waals surface area contributed by atoms with Gasteiger partial charge in [-0.15, -0.1) is 0 Å². The summed E-state index contributed by atoms with van der Waals surface area (Å²) in [4.78, 5) is 14.0. The largest absolute Gasteiger partial charge is 0.374 e. The normalized spacial score (nSPS) is 17.8. The minimum Gasteiger partial charge on any atom is -0.374 e. The smallest absolute Gasteiger partial charge is 0.265 e. The van der Waals surface area contributed by atoms with Gasteiger partial charge in [0.2, 0.25) is 0 Å². The van der Waals surface area contributed by atoms with Crippen LogP contribution in [0.2, 0.25) is 0 Å². The van der Waals surface area contributed by atoms with E-state index in [4.69, 9.17) is 10.6 Å². The van der Waals surface area contributed by atoms with Crippen molar-refractivity contribution in [3.05, 3.63) is 65.7 Å². The van der Waals surface area contributed by atoms with Gasteiger partial charge in [0.05, 0.1) is 12.7 Å². The van der Waals surface area contributed by atoms with E-state index < -0.39 is 0 Å². The molecule has 0 aromatic heterocycles. The van der Waals surface area contributed by atoms with Crippen LogP contribution >= 0.6 is 0 Å². The molecule has 1 aliphatic heterocycles. The van der Waals surface area contributed by atoms with Gasteiger partial charge in [-0.05, 0) is 29.8 Å². The lowest BCUT2D eigenvalue weighted by atomic mass is 10.0. The molecule has 1 unspecified atom stereocenters. The van der Waals surface area contributed by atoms with Crippen molar-refractivity contribution in [1.29, 1.82) is 0 Å². The molecule has 3 N–H and O–H groups in total. The average molecular weight is 311 g/mol. The summed E-state index contributed by atoms with van der Waals surface area (Å²) in [6.45, 7) is 2.45. The van der Waals surface area contributed by atoms with Gasteiger partial charge in [0.1, 0.15) is 0 Å². The third-order valence-electron chi connectivity index (χ3n) is 4.04. The van der Waals surface area contributed by atoms with Crippen LogP contribution < -0.4 is 16.2 Å². The summed E-state index contributed by atoms with van der Waals surface area (Å²) < 4.78 is 5.89. The molecule has 5 nitrogen and oxygen atoms in total. The zero-order valence-corrected chi connectivity index (χ0v) is 12.9. The molecule has 0 radical (unpaired) electrons. The lowest BCUT2D eigenvalue weighted by Gasteiger charge is -2.34. The van der Waals surface area contributed by atoms with Crippen LogP contribution in [0.5, 0.6) is 0 Å². The molecule has 5 heteroatoms. The van der Waals surface area contributed by atoms with E-state index in [-0.39, 0.29) is 12.0 Å². The fourth-order valence-electron chi connectivity index (χ4n) is 2.90. The van der Waals surface area contributed by atoms with Crippen molar-refractivity contribution in [3.8, 4) is 0 Å². The molecular weight excluding hydrogens is 290 g/mol. The van der Waals surface area contributed by atoms with Gasteiger partial charge in [-0.3, -0.25) is 10.2 Å². The number of anilines is 1. The number of nitrogens with one attached hydrogen (secondary N) is 1. The third-order valence-corrected chi connectivity index (χ3v) is 4.04. The monoisotopic (exact) mass is 311 g/mol. The molecule has 2 aromatic rings. The maximum atomic E-state index is 11.6. The molecular formula is C18H21N3O2. The second-order valence-corrected chi connectivity index (χ2v) is 5.65. The highest BCUT2D eigenvalue weighted by molar-refractivity contribution is 5.93. The molecule has 0 spiro atoms. The lowest BCUT2D eigenvalue weighted by Crippen LogP contribution is -2.43. The summed E-state index contributed by atoms with van der Waals surface area (Å²) in [5.74, 6) is 4.91. The number of hydrazine groups is 1. The minimum atomic E-state index is -0.276. The highest BCUT2D eigenvalue weighted by atomic mass is 16.5. The van der Waals surface area contributed by atoms with Crippen LogP contribution in [0.3, 0.4) is 0 Å². The quantitative estimate of drug-likeness (QED) is 0.513. The van der Waals surface area contributed by atoms with Crippen LogP contribution in [0.4, 0.5) is 5.69 Å². The van der Waals surface area contributed by atoms with Crippen LogP contribution in [-0.2, 0) is 11.2 Å². The fourth-order valence-corrected chi connectivity index (χ4v) is 2.90. The zero-order valence-electron chi connectivity index (χ0n) is 12.9. The number of hydrogen-bond donors (Lipinski definition) is 2. The van der Waals surface area contributed by atoms with E-state index in [1.165, 1.54) is 5.69 Å². The number of hydrogen-bond acceptors (Lipinski definition) is 4. The first-order valence-electron chi connectivity index (χ1n) is 7.78. The van der Waals surface area contributed by atoms with Crippen molar-refractivity contribution in [2.75, 3.05) is 24.6 Å². The van der Waals surface area contributed by atoms with Gasteiger partial charge >= 0.3 is 0 Å². The van der Waals surface area contributed by atoms with Gasteiger partial charge in [-0.2, -0.15) is 0 Å². The highest BCUT2D eigenvalue weighted by Crippen LogP contribution is 2.19. The molecule has 1 heterocycles. The molecule has 1 aliphatic rings. The predicted molar refractivity (Wildman–Crippen MR) is 90.2 cm³/mol. The van der Waals surface area contributed by atoms with E-state index in [0.717, 1.165) is 25.1 Å². The number of benzene rings is 2. The number of rotatable bonds is 4. The molecule has 1 saturated heterocycles. The van der Waals surface area contributed by atoms with Crippen molar-refractivity contribution >= 4 is 11.6 Å². The summed E-state index contributed by atoms with van der Waals surface area (Å²) in [6.07, 6.45) is 0.884. The summed E-state index contributed by atoms with van der Waals surface area (Å²) in [5, 5.41) is 0. The summed E-state index contributed by atoms with van der Waals surface area (Å²) in [5.41, 5.74) is 5.03. The van der Waals surface area contributed by atoms with Crippen molar-refractivity contribution in [2.24, 2.45) is 5.84 Å². The maximum Gasteiger partial charge on any atom is 0.265 e. The Kier molecular flexibility index (Phi) is 4.90. The Hall–Kier alpha value is -2.37. The van der Waals surface area contributed by atoms with Crippen LogP contribution in [0, 0.1) is 0 Å². The van der Waals surface area contributed by atoms with E-state index >= 15 is 0 Å². The number of carbonyl (C=O) groups is 1. The van der Waals surface area contributed by atoms with Crippen molar-refractivity contribution < 1.29 is 9.53 Å². The molecule has 1 amide bonds. The molecule has 0 bridgehead atoms. The van der Waals surface area contributed by atoms with E-state index in [1.807, 2.05) is 24.3 Å². The van der Waals surface area contributed by atoms with E-state index in [0.29, 0.717) is 12.2 Å². The maximum absolute atomic E-state index is 11.6. The van der Waals surface area contributed by atoms with Crippen molar-refractivity contribution in [3.63, 3.8) is 0 Å². The van der Waals surface area contributed by atoms with Crippen LogP contribution in [0.15, 0.2) is 54.6 Å². The number of nitrogens with zero attached hydrogens (tertiary/aromatic N) is 1. The Morgan fingerprint density at radius 1 is 1.22 bits per heavy atom. The van der Waals surface area contributed by atoms with E-state index in [1.54, 1.807) is 6.07 Å². The number of para-hydroxylation sites is 1. The molecule has 1 fully saturated rings. The van der Waals surface area contributed by atoms with Crippen LogP contribution in [0.1, 0.15) is 15.9 Å². The van der Waals surface area contributed by atoms with E-state index in [9.17, 15) is 4.79 Å². The van der Waals surface area contributed by atoms with Gasteiger partial charge in [0.15, 0.2) is 0 Å². The lowest BCUT2D eigenvalue weighted by molar-refractivity contribution is 0.0410. The molecule has 2 aromatic carbocycles. The zero-order chi connectivity index (χ0) is 16.1. The number of nitrogen functional groups attached to an aromatic ring is 1. The summed E-state index contributed by atoms with van der Waals surface area (Å²) in [6, 6.07) is 17.9. The average Bonchev–Trinajstić information content (AvgIpc) is 2.62. The summed E-state index contributed by atoms with van der Waals surface area (Å²) in [7, 11) is 0. The first-order chi connectivity index (χ1) is 11.3. The van der Waals surface area contributed by atoms with Gasteiger partial charge in [0.25, 0.3) is 5.91 Å². The Morgan fingerprint density at radius 3 is 2.83 bits per heavy atom. The number of nitrogens with two attached hydrogens (primary N) is 1. The first kappa shape index (κ1) is 15.5. The topological polar surface area (TPSA) is 67.6 Å². The molecule has 3 rings (SSSR count). The van der Waals surface area contributed by atoms with Gasteiger partial charge in [-0.25, -0.2) is 5.84 Å². The molecule has 0 aliphatic carbocycles. The Morgan fingerprint density at radius 2 is 2.04 bits per heavy atom. The molecule has 23 heavy (non-hydrogen) atoms. The van der Waals surface area contributed by atoms with Crippen LogP contribution in [-0.4, -0.2) is 31.7 Å². The number of carbonyl (C=O) groups excluding carboxylic acids is 1. The van der Waals surface area contributed by atoms with Gasteiger partial charge in [-0.1, -0.05) is 30.3 Å². The summed E-state index contributed by atoms with van der Waals surface area (Å²) >= 11 is 0. The molecule has 120 valence electrons. The second kappa shape index (κ2) is 7.26. The van der Waals surface area contributed by atoms with Gasteiger partial charge < -0.3 is 9.64 Å². The Bertz CT molecular complexity index is 660. The second-order valence-electron chi connectivity index (χ2n) is 5.65. The number of morpholine rings is 1. The van der Waals surface area contributed by atoms with Crippen molar-refractivity contribution in [1.82, 2.24) is 5.43 Å². The van der Waals surface area contributed by atoms with E-state index in [2.05, 4.69) is 34.6 Å². The van der Waals surface area contributed by atoms with Gasteiger partial charge in [0, 0.05) is 30.8 Å². The highest BCUT2D eigenvalue weighted by Gasteiger charge is 2.21. The third kappa shape index (κ3) is 3.88. The Labute approximate surface area is 136 Å². The first-order valence-corrected chi connectivity index (χ1v) is 7.78. The number of ether oxygens (including phenoxy) is 1. The fraction of sp³-hybridized carbons (Fsp3) is 0.278. The van der Waals surface area contributed by atoms with Crippen LogP contribution in [0.25, 0.3) is 0 Å². The Balaban J connectivity index is 1.67. The standard InChI is InChI=1S/C18H21N3O2/c19-20-18(22)15-6-4-5-14(11-15)12-17-13-21(9-10-23-17)16-7-2-1-3-8-16/h1-8,11,17H,9-10,12-13,19H2,(H,20,22). The van der Waals surface area contributed by atoms with Crippen molar-refractivity contribution in [2.45, 2.75) is 12.5 Å². The number of amides is 1. The minimum absolute atomic E-state index is 0.111. The SMILES string of the molecule is NNC(=O)c1cccc(CC2CN(c3ccccc3)CCO2)c1. The predicted octanol–water partition coefficient (Wildman–Crippen LogP) is 1.74. The molecule has 0 saturated carbocycles.